The molecule has 0 heterocycles. The van der Waals surface area contributed by atoms with Gasteiger partial charge in [-0.3, -0.25) is 19.9 Å². The zero-order valence-corrected chi connectivity index (χ0v) is 9.76. The molecule has 0 fully saturated rings. The van der Waals surface area contributed by atoms with Crippen molar-refractivity contribution in [1.82, 2.24) is 15.6 Å². The molecule has 0 aliphatic heterocycles. The van der Waals surface area contributed by atoms with E-state index in [0.717, 1.165) is 0 Å². The molecule has 0 radical (unpaired) electrons. The Balaban J connectivity index is 4.21. The molecule has 0 saturated carbocycles. The van der Waals surface area contributed by atoms with E-state index in [1.54, 1.807) is 32.8 Å². The normalized spacial score (nSPS) is 11.3. The minimum atomic E-state index is -0.614. The number of likely N-dealkylation sites (N-methyl/N-ethyl adjacent to an activating group) is 2. The minimum absolute atomic E-state index is 0.0820. The van der Waals surface area contributed by atoms with E-state index in [2.05, 4.69) is 10.7 Å². The number of amides is 2. The van der Waals surface area contributed by atoms with Crippen molar-refractivity contribution >= 4 is 11.8 Å². The summed E-state index contributed by atoms with van der Waals surface area (Å²) in [5.41, 5.74) is 1.50. The lowest BCUT2D eigenvalue weighted by Crippen LogP contribution is -2.47. The molecule has 0 saturated heterocycles. The molecule has 0 atom stereocenters. The van der Waals surface area contributed by atoms with Gasteiger partial charge >= 0.3 is 0 Å². The minimum Gasteiger partial charge on any atom is -0.358 e. The molecule has 0 spiro atoms. The first-order valence-corrected chi connectivity index (χ1v) is 4.73. The summed E-state index contributed by atoms with van der Waals surface area (Å²) >= 11 is 0. The van der Waals surface area contributed by atoms with E-state index in [-0.39, 0.29) is 18.4 Å². The van der Waals surface area contributed by atoms with Crippen LogP contribution in [0, 0.1) is 5.41 Å². The molecule has 0 unspecified atom stereocenters. The van der Waals surface area contributed by atoms with Crippen molar-refractivity contribution < 1.29 is 9.59 Å². The number of nitrogens with zero attached hydrogens (tertiary/aromatic N) is 1. The van der Waals surface area contributed by atoms with Crippen LogP contribution in [0.1, 0.15) is 13.8 Å². The largest absolute Gasteiger partial charge is 0.358 e. The summed E-state index contributed by atoms with van der Waals surface area (Å²) in [4.78, 5) is 24.2. The average Bonchev–Trinajstić information content (AvgIpc) is 2.15. The molecular weight excluding hydrogens is 196 g/mol. The highest BCUT2D eigenvalue weighted by Gasteiger charge is 2.28. The lowest BCUT2D eigenvalue weighted by atomic mass is 9.92. The maximum atomic E-state index is 11.4. The van der Waals surface area contributed by atoms with E-state index < -0.39 is 5.41 Å². The molecule has 0 aliphatic carbocycles. The first kappa shape index (κ1) is 13.9. The number of hydrazine groups is 1. The van der Waals surface area contributed by atoms with Crippen LogP contribution in [0.3, 0.4) is 0 Å². The van der Waals surface area contributed by atoms with Gasteiger partial charge in [0.2, 0.25) is 11.8 Å². The molecular formula is C9H20N4O2. The number of hydrogen-bond acceptors (Lipinski definition) is 4. The summed E-state index contributed by atoms with van der Waals surface area (Å²) in [6, 6.07) is 0. The van der Waals surface area contributed by atoms with Crippen LogP contribution >= 0.6 is 0 Å². The summed E-state index contributed by atoms with van der Waals surface area (Å²) in [6.45, 7) is 4.27. The topological polar surface area (TPSA) is 87.5 Å². The standard InChI is InChI=1S/C9H20N4O2/c1-9(2,8(15)12-10)6-13(4)5-7(14)11-3/h5-6,10H2,1-4H3,(H,11,14)(H,12,15). The smallest absolute Gasteiger partial charge is 0.240 e. The number of rotatable bonds is 5. The Morgan fingerprint density at radius 1 is 1.40 bits per heavy atom. The number of carbonyl (C=O) groups is 2. The Kier molecular flexibility index (Phi) is 5.24. The second-order valence-electron chi connectivity index (χ2n) is 4.20. The van der Waals surface area contributed by atoms with Crippen LogP contribution < -0.4 is 16.6 Å². The van der Waals surface area contributed by atoms with E-state index in [1.807, 2.05) is 0 Å². The van der Waals surface area contributed by atoms with Crippen molar-refractivity contribution in [3.05, 3.63) is 0 Å². The molecule has 0 rings (SSSR count). The van der Waals surface area contributed by atoms with E-state index in [0.29, 0.717) is 6.54 Å². The van der Waals surface area contributed by atoms with Gasteiger partial charge in [0.15, 0.2) is 0 Å². The quantitative estimate of drug-likeness (QED) is 0.302. The van der Waals surface area contributed by atoms with Crippen molar-refractivity contribution in [2.45, 2.75) is 13.8 Å². The summed E-state index contributed by atoms with van der Waals surface area (Å²) in [6.07, 6.45) is 0. The Hall–Kier alpha value is -1.14. The summed E-state index contributed by atoms with van der Waals surface area (Å²) in [5.74, 6) is 4.74. The van der Waals surface area contributed by atoms with Crippen LogP contribution in [-0.4, -0.2) is 43.9 Å². The zero-order chi connectivity index (χ0) is 12.1. The van der Waals surface area contributed by atoms with Crippen LogP contribution in [0.5, 0.6) is 0 Å². The summed E-state index contributed by atoms with van der Waals surface area (Å²) in [5, 5.41) is 2.52. The SMILES string of the molecule is CNC(=O)CN(C)CC(C)(C)C(=O)NN. The highest BCUT2D eigenvalue weighted by atomic mass is 16.2. The number of hydrogen-bond donors (Lipinski definition) is 3. The van der Waals surface area contributed by atoms with Crippen LogP contribution in [-0.2, 0) is 9.59 Å². The fraction of sp³-hybridized carbons (Fsp3) is 0.778. The van der Waals surface area contributed by atoms with E-state index in [9.17, 15) is 9.59 Å². The van der Waals surface area contributed by atoms with Crippen LogP contribution in [0.2, 0.25) is 0 Å². The molecule has 88 valence electrons. The lowest BCUT2D eigenvalue weighted by Gasteiger charge is -2.27. The first-order chi connectivity index (χ1) is 6.83. The number of carbonyl (C=O) groups excluding carboxylic acids is 2. The zero-order valence-electron chi connectivity index (χ0n) is 9.76. The molecule has 4 N–H and O–H groups in total. The van der Waals surface area contributed by atoms with Crippen LogP contribution in [0.4, 0.5) is 0 Å². The van der Waals surface area contributed by atoms with Gasteiger partial charge in [-0.15, -0.1) is 0 Å². The van der Waals surface area contributed by atoms with Crippen molar-refractivity contribution in [2.75, 3.05) is 27.2 Å². The van der Waals surface area contributed by atoms with Gasteiger partial charge in [-0.25, -0.2) is 5.84 Å². The molecule has 15 heavy (non-hydrogen) atoms. The molecule has 0 aromatic carbocycles. The molecule has 0 bridgehead atoms. The first-order valence-electron chi connectivity index (χ1n) is 4.73. The Bertz CT molecular complexity index is 240. The highest BCUT2D eigenvalue weighted by molar-refractivity contribution is 5.81. The Labute approximate surface area is 90.2 Å². The Morgan fingerprint density at radius 3 is 2.33 bits per heavy atom. The third-order valence-electron chi connectivity index (χ3n) is 2.10. The van der Waals surface area contributed by atoms with Crippen LogP contribution in [0.15, 0.2) is 0 Å². The van der Waals surface area contributed by atoms with Crippen LogP contribution in [0.25, 0.3) is 0 Å². The molecule has 6 nitrogen and oxygen atoms in total. The van der Waals surface area contributed by atoms with Crippen molar-refractivity contribution in [2.24, 2.45) is 11.3 Å². The van der Waals surface area contributed by atoms with Crippen molar-refractivity contribution in [3.63, 3.8) is 0 Å². The fourth-order valence-corrected chi connectivity index (χ4v) is 1.32. The number of nitrogens with one attached hydrogen (secondary N) is 2. The predicted molar refractivity (Wildman–Crippen MR) is 57.7 cm³/mol. The summed E-state index contributed by atoms with van der Waals surface area (Å²) in [7, 11) is 3.36. The van der Waals surface area contributed by atoms with Gasteiger partial charge in [0, 0.05) is 13.6 Å². The van der Waals surface area contributed by atoms with Gasteiger partial charge in [-0.2, -0.15) is 0 Å². The van der Waals surface area contributed by atoms with E-state index in [4.69, 9.17) is 5.84 Å². The van der Waals surface area contributed by atoms with Gasteiger partial charge in [-0.1, -0.05) is 0 Å². The number of nitrogens with two attached hydrogens (primary N) is 1. The monoisotopic (exact) mass is 216 g/mol. The average molecular weight is 216 g/mol. The fourth-order valence-electron chi connectivity index (χ4n) is 1.32. The molecule has 2 amide bonds. The molecule has 0 aromatic rings. The summed E-state index contributed by atoms with van der Waals surface area (Å²) < 4.78 is 0. The molecule has 6 heteroatoms. The van der Waals surface area contributed by atoms with E-state index in [1.165, 1.54) is 0 Å². The maximum Gasteiger partial charge on any atom is 0.240 e. The second kappa shape index (κ2) is 5.67. The maximum absolute atomic E-state index is 11.4. The van der Waals surface area contributed by atoms with Gasteiger partial charge in [0.1, 0.15) is 0 Å². The van der Waals surface area contributed by atoms with Gasteiger partial charge in [0.25, 0.3) is 0 Å². The second-order valence-corrected chi connectivity index (χ2v) is 4.20. The van der Waals surface area contributed by atoms with Gasteiger partial charge in [0.05, 0.1) is 12.0 Å². The Morgan fingerprint density at radius 2 is 1.93 bits per heavy atom. The molecule has 0 aromatic heterocycles. The van der Waals surface area contributed by atoms with Gasteiger partial charge in [-0.05, 0) is 20.9 Å². The molecule has 0 aliphatic rings. The van der Waals surface area contributed by atoms with E-state index >= 15 is 0 Å². The highest BCUT2D eigenvalue weighted by Crippen LogP contribution is 2.15. The van der Waals surface area contributed by atoms with Crippen molar-refractivity contribution in [3.8, 4) is 0 Å². The lowest BCUT2D eigenvalue weighted by molar-refractivity contribution is -0.131. The van der Waals surface area contributed by atoms with Crippen molar-refractivity contribution in [1.29, 1.82) is 0 Å². The predicted octanol–water partition coefficient (Wildman–Crippen LogP) is -1.32. The third-order valence-corrected chi connectivity index (χ3v) is 2.10. The van der Waals surface area contributed by atoms with Gasteiger partial charge < -0.3 is 5.32 Å². The third kappa shape index (κ3) is 4.75.